The first kappa shape index (κ1) is 32.6. The molecule has 261 valence electrons. The van der Waals surface area contributed by atoms with E-state index in [4.69, 9.17) is 39.9 Å². The maximum atomic E-state index is 13.8. The Morgan fingerprint density at radius 2 is 1.25 bits per heavy atom. The maximum Gasteiger partial charge on any atom is 2.00 e. The first-order valence-corrected chi connectivity index (χ1v) is 17.3. The predicted octanol–water partition coefficient (Wildman–Crippen LogP) is 6.10. The zero-order valence-corrected chi connectivity index (χ0v) is 29.1. The van der Waals surface area contributed by atoms with Gasteiger partial charge in [-0.25, -0.2) is 15.0 Å². The number of hydrogen-bond donors (Lipinski definition) is 2. The van der Waals surface area contributed by atoms with E-state index in [1.807, 2.05) is 66.9 Å². The van der Waals surface area contributed by atoms with E-state index in [0.717, 1.165) is 58.0 Å². The topological polar surface area (TPSA) is 163 Å². The first-order chi connectivity index (χ1) is 25.7. The van der Waals surface area contributed by atoms with Crippen molar-refractivity contribution < 1.29 is 21.9 Å². The third kappa shape index (κ3) is 5.70. The summed E-state index contributed by atoms with van der Waals surface area (Å²) in [4.78, 5) is 61.0. The molecule has 3 aliphatic rings. The second kappa shape index (κ2) is 13.4. The molecule has 2 N–H and O–H groups in total. The van der Waals surface area contributed by atoms with Crippen molar-refractivity contribution in [3.8, 4) is 45.6 Å². The number of nitrogens with zero attached hydrogens (tertiary/aromatic N) is 9. The average molecular weight is 743 g/mol. The van der Waals surface area contributed by atoms with E-state index < -0.39 is 0 Å². The van der Waals surface area contributed by atoms with Crippen LogP contribution in [-0.4, -0.2) is 52.3 Å². The van der Waals surface area contributed by atoms with E-state index >= 15 is 0 Å². The van der Waals surface area contributed by atoms with Gasteiger partial charge < -0.3 is 40.2 Å². The molecule has 0 saturated heterocycles. The second-order valence-electron chi connectivity index (χ2n) is 12.9. The molecule has 0 saturated carbocycles. The molecule has 1 aliphatic carbocycles. The minimum Gasteiger partial charge on any atom is -0.358 e. The minimum absolute atomic E-state index is 0. The summed E-state index contributed by atoms with van der Waals surface area (Å²) in [5.41, 5.74) is 8.65. The minimum atomic E-state index is -0.204. The van der Waals surface area contributed by atoms with Gasteiger partial charge in [0.15, 0.2) is 0 Å². The Morgan fingerprint density at radius 3 is 1.92 bits per heavy atom. The fourth-order valence-electron chi connectivity index (χ4n) is 7.16. The van der Waals surface area contributed by atoms with Crippen molar-refractivity contribution in [1.82, 2.24) is 55.2 Å². The van der Waals surface area contributed by atoms with Crippen molar-refractivity contribution in [3.63, 3.8) is 0 Å². The summed E-state index contributed by atoms with van der Waals surface area (Å²) in [5, 5.41) is 4.75. The molecule has 0 atom stereocenters. The zero-order valence-electron chi connectivity index (χ0n) is 28.1. The van der Waals surface area contributed by atoms with Crippen LogP contribution in [-0.2, 0) is 36.3 Å². The van der Waals surface area contributed by atoms with Crippen molar-refractivity contribution in [3.05, 3.63) is 114 Å². The van der Waals surface area contributed by atoms with Crippen molar-refractivity contribution in [1.29, 1.82) is 0 Å². The van der Waals surface area contributed by atoms with Crippen molar-refractivity contribution in [2.75, 3.05) is 6.54 Å². The number of aromatic amines is 1. The molecule has 7 aromatic rings. The van der Waals surface area contributed by atoms with Crippen LogP contribution in [0.15, 0.2) is 91.4 Å². The summed E-state index contributed by atoms with van der Waals surface area (Å²) in [7, 11) is 0. The molecular weight excluding hydrogens is 714 g/mol. The smallest absolute Gasteiger partial charge is 0.358 e. The quantitative estimate of drug-likeness (QED) is 0.116. The molecule has 10 rings (SSSR count). The summed E-state index contributed by atoms with van der Waals surface area (Å²) < 4.78 is 0. The zero-order chi connectivity index (χ0) is 34.6. The van der Waals surface area contributed by atoms with Crippen LogP contribution in [0.1, 0.15) is 40.0 Å². The molecule has 2 aliphatic heterocycles. The summed E-state index contributed by atoms with van der Waals surface area (Å²) in [6.07, 6.45) is 11.7. The van der Waals surface area contributed by atoms with Crippen LogP contribution in [0.4, 0.5) is 0 Å². The van der Waals surface area contributed by atoms with E-state index in [9.17, 15) is 4.79 Å². The van der Waals surface area contributed by atoms with E-state index in [0.29, 0.717) is 82.0 Å². The summed E-state index contributed by atoms with van der Waals surface area (Å²) >= 11 is 0. The number of allylic oxidation sites excluding steroid dienone is 2. The van der Waals surface area contributed by atoms with Crippen molar-refractivity contribution in [2.45, 2.75) is 32.1 Å². The molecule has 4 aromatic heterocycles. The van der Waals surface area contributed by atoms with E-state index in [2.05, 4.69) is 27.4 Å². The Morgan fingerprint density at radius 1 is 0.660 bits per heavy atom. The van der Waals surface area contributed by atoms with Crippen LogP contribution in [0.3, 0.4) is 0 Å². The average Bonchev–Trinajstić information content (AvgIpc) is 4.01. The summed E-state index contributed by atoms with van der Waals surface area (Å²) in [6, 6.07) is 21.4. The molecule has 3 aromatic carbocycles. The summed E-state index contributed by atoms with van der Waals surface area (Å²) in [5.74, 6) is 1.63. The fraction of sp³-hybridized carbons (Fsp3) is 0.150. The number of H-pyrrole nitrogens is 1. The monoisotopic (exact) mass is 742 g/mol. The van der Waals surface area contributed by atoms with Gasteiger partial charge in [0, 0.05) is 68.8 Å². The van der Waals surface area contributed by atoms with Gasteiger partial charge in [0.2, 0.25) is 0 Å². The van der Waals surface area contributed by atoms with Crippen molar-refractivity contribution >= 4 is 39.3 Å². The molecule has 0 spiro atoms. The number of unbranched alkanes of at least 4 members (excludes halogenated alkanes) is 1. The molecule has 1 amide bonds. The molecule has 6 heterocycles. The third-order valence-electron chi connectivity index (χ3n) is 9.71. The molecule has 0 fully saturated rings. The standard InChI is InChI=1S/C40H30N11O.Cu/c52-40(42-19-8-7-10-22-20-41-21-43-22)30-18-9-17-29-31(30)39-50-37-28-16-6-5-15-27(28)35(48-37)46-33-24-12-2-1-11-23(24)32(44-33)45-34-25-13-3-4-14-26(25)36(47-34)49-38(29)51-39;/h1-6,9,11-12,15-18,20-21H,7-8,10,13-14,19H2,(H3-,41,42,43,44,45,46,47,48,49,50,51,52);/q-1;+2/p-1. The Labute approximate surface area is 313 Å². The first-order valence-electron chi connectivity index (χ1n) is 17.3. The van der Waals surface area contributed by atoms with Gasteiger partial charge in [0.05, 0.1) is 29.6 Å². The molecule has 1 radical (unpaired) electrons. The number of aromatic nitrogens is 10. The molecule has 8 bridgehead atoms. The molecule has 0 unspecified atom stereocenters. The predicted molar refractivity (Wildman–Crippen MR) is 197 cm³/mol. The summed E-state index contributed by atoms with van der Waals surface area (Å²) in [6.45, 7) is 0.524. The van der Waals surface area contributed by atoms with Crippen molar-refractivity contribution in [2.24, 2.45) is 0 Å². The molecular formula is C40H29CuN11O. The maximum absolute atomic E-state index is 13.8. The largest absolute Gasteiger partial charge is 2.00 e. The van der Waals surface area contributed by atoms with Crippen LogP contribution in [0.5, 0.6) is 0 Å². The van der Waals surface area contributed by atoms with Gasteiger partial charge in [-0.05, 0) is 60.1 Å². The van der Waals surface area contributed by atoms with Crippen LogP contribution >= 0.6 is 0 Å². The Bertz CT molecular complexity index is 2770. The van der Waals surface area contributed by atoms with Crippen LogP contribution in [0, 0.1) is 0 Å². The van der Waals surface area contributed by atoms with E-state index in [1.165, 1.54) is 0 Å². The Hall–Kier alpha value is -6.30. The number of carbonyl (C=O) groups is 1. The number of aryl methyl sites for hydroxylation is 1. The van der Waals surface area contributed by atoms with Gasteiger partial charge in [-0.15, -0.1) is 0 Å². The van der Waals surface area contributed by atoms with Gasteiger partial charge in [0.25, 0.3) is 5.91 Å². The van der Waals surface area contributed by atoms with Crippen LogP contribution in [0.2, 0.25) is 0 Å². The Kier molecular flexibility index (Phi) is 8.21. The Balaban J connectivity index is 0.00000372. The van der Waals surface area contributed by atoms with Gasteiger partial charge >= 0.3 is 17.1 Å². The van der Waals surface area contributed by atoms with Crippen LogP contribution < -0.4 is 15.3 Å². The molecule has 12 nitrogen and oxygen atoms in total. The second-order valence-corrected chi connectivity index (χ2v) is 12.9. The van der Waals surface area contributed by atoms with Gasteiger partial charge in [0.1, 0.15) is 0 Å². The van der Waals surface area contributed by atoms with Gasteiger partial charge in [-0.2, -0.15) is 0 Å². The molecule has 53 heavy (non-hydrogen) atoms. The van der Waals surface area contributed by atoms with E-state index in [-0.39, 0.29) is 23.0 Å². The van der Waals surface area contributed by atoms with Gasteiger partial charge in [-0.3, -0.25) is 4.79 Å². The van der Waals surface area contributed by atoms with Crippen LogP contribution in [0.25, 0.3) is 78.9 Å². The number of benzene rings is 3. The number of imidazole rings is 1. The number of carbonyl (C=O) groups excluding carboxylic acids is 1. The number of rotatable bonds is 6. The number of nitrogens with one attached hydrogen (secondary N) is 2. The number of amides is 1. The normalized spacial score (nSPS) is 12.5. The van der Waals surface area contributed by atoms with E-state index in [1.54, 1.807) is 12.4 Å². The fourth-order valence-corrected chi connectivity index (χ4v) is 7.16. The number of fused-ring (bicyclic) bond motifs is 20. The van der Waals surface area contributed by atoms with Gasteiger partial charge in [-0.1, -0.05) is 72.8 Å². The molecule has 13 heteroatoms. The number of hydrogen-bond acceptors (Lipinski definition) is 8. The SMILES string of the molecule is O=C(NCCCCc1cnc[nH]1)c1cccc2c1-c1nc-2nc2[n-]c(nc3nc(nc4[n-]c(n1)c1ccccc41)-c1ccccc1-3)c1c2CC=CC1.[Cu+2]. The third-order valence-corrected chi connectivity index (χ3v) is 9.71.